The van der Waals surface area contributed by atoms with Gasteiger partial charge in [0.15, 0.2) is 5.96 Å². The molecule has 27 heavy (non-hydrogen) atoms. The normalized spacial score (nSPS) is 19.6. The van der Waals surface area contributed by atoms with Crippen LogP contribution >= 0.6 is 24.0 Å². The number of benzene rings is 1. The van der Waals surface area contributed by atoms with Crippen molar-refractivity contribution in [2.75, 3.05) is 27.2 Å². The Morgan fingerprint density at radius 3 is 2.56 bits per heavy atom. The molecule has 0 spiro atoms. The van der Waals surface area contributed by atoms with E-state index < -0.39 is 0 Å². The van der Waals surface area contributed by atoms with Gasteiger partial charge >= 0.3 is 0 Å². The van der Waals surface area contributed by atoms with E-state index >= 15 is 0 Å². The average Bonchev–Trinajstić information content (AvgIpc) is 3.21. The largest absolute Gasteiger partial charge is 0.508 e. The van der Waals surface area contributed by atoms with Gasteiger partial charge in [-0.2, -0.15) is 0 Å². The number of nitrogens with one attached hydrogen (secondary N) is 2. The molecule has 1 aliphatic carbocycles. The number of phenolic OH excluding ortho intramolecular Hbond substituents is 1. The summed E-state index contributed by atoms with van der Waals surface area (Å²) in [4.78, 5) is 7.01. The molecular formula is C20H33IN4O2. The van der Waals surface area contributed by atoms with Crippen molar-refractivity contribution in [2.45, 2.75) is 57.2 Å². The smallest absolute Gasteiger partial charge is 0.191 e. The number of guanidine groups is 1. The Kier molecular flexibility index (Phi) is 8.95. The van der Waals surface area contributed by atoms with E-state index in [4.69, 9.17) is 4.74 Å². The second kappa shape index (κ2) is 10.9. The van der Waals surface area contributed by atoms with Gasteiger partial charge in [-0.05, 0) is 43.9 Å². The van der Waals surface area contributed by atoms with Crippen LogP contribution in [0.1, 0.15) is 44.1 Å². The molecule has 7 heteroatoms. The zero-order valence-corrected chi connectivity index (χ0v) is 18.7. The van der Waals surface area contributed by atoms with E-state index in [1.54, 1.807) is 26.3 Å². The molecule has 1 aliphatic heterocycles. The molecule has 1 aromatic carbocycles. The van der Waals surface area contributed by atoms with Crippen molar-refractivity contribution >= 4 is 29.9 Å². The Morgan fingerprint density at radius 2 is 1.93 bits per heavy atom. The summed E-state index contributed by atoms with van der Waals surface area (Å²) in [6.45, 7) is 2.86. The first kappa shape index (κ1) is 22.1. The molecule has 0 unspecified atom stereocenters. The van der Waals surface area contributed by atoms with Crippen molar-refractivity contribution in [3.63, 3.8) is 0 Å². The minimum atomic E-state index is 0. The van der Waals surface area contributed by atoms with Crippen molar-refractivity contribution < 1.29 is 9.84 Å². The first-order valence-corrected chi connectivity index (χ1v) is 9.76. The number of halogens is 1. The van der Waals surface area contributed by atoms with Gasteiger partial charge in [-0.3, -0.25) is 4.99 Å². The second-order valence-corrected chi connectivity index (χ2v) is 7.31. The predicted molar refractivity (Wildman–Crippen MR) is 120 cm³/mol. The van der Waals surface area contributed by atoms with Gasteiger partial charge in [0.25, 0.3) is 0 Å². The summed E-state index contributed by atoms with van der Waals surface area (Å²) in [6, 6.07) is 6.53. The van der Waals surface area contributed by atoms with E-state index in [0.29, 0.717) is 12.6 Å². The maximum atomic E-state index is 10.0. The zero-order chi connectivity index (χ0) is 18.4. The highest BCUT2D eigenvalue weighted by Crippen LogP contribution is 2.26. The molecule has 3 rings (SSSR count). The molecule has 0 radical (unpaired) electrons. The monoisotopic (exact) mass is 488 g/mol. The molecule has 0 amide bonds. The fourth-order valence-corrected chi connectivity index (χ4v) is 4.08. The molecule has 2 aliphatic rings. The van der Waals surface area contributed by atoms with Crippen LogP contribution < -0.4 is 15.4 Å². The van der Waals surface area contributed by atoms with Gasteiger partial charge in [0.2, 0.25) is 0 Å². The van der Waals surface area contributed by atoms with Gasteiger partial charge in [-0.25, -0.2) is 0 Å². The fourth-order valence-electron chi connectivity index (χ4n) is 4.08. The van der Waals surface area contributed by atoms with E-state index in [1.165, 1.54) is 38.8 Å². The summed E-state index contributed by atoms with van der Waals surface area (Å²) >= 11 is 0. The van der Waals surface area contributed by atoms with E-state index in [2.05, 4.69) is 20.5 Å². The molecule has 2 fully saturated rings. The van der Waals surface area contributed by atoms with Crippen LogP contribution in [-0.4, -0.2) is 55.3 Å². The standard InChI is InChI=1S/C20H32N4O2.HI/c1-21-20(22-14-15-13-18(26-2)7-8-19(15)25)23-16-9-11-24(12-10-16)17-5-3-4-6-17;/h7-8,13,16-17,25H,3-6,9-12,14H2,1-2H3,(H2,21,22,23);1H. The van der Waals surface area contributed by atoms with Gasteiger partial charge in [0, 0.05) is 44.3 Å². The third-order valence-corrected chi connectivity index (χ3v) is 5.67. The number of methoxy groups -OCH3 is 1. The van der Waals surface area contributed by atoms with E-state index in [1.807, 2.05) is 6.07 Å². The highest BCUT2D eigenvalue weighted by Gasteiger charge is 2.27. The Hall–Kier alpha value is -1.22. The summed E-state index contributed by atoms with van der Waals surface area (Å²) in [6.07, 6.45) is 7.87. The number of likely N-dealkylation sites (tertiary alicyclic amines) is 1. The number of aromatic hydroxyl groups is 1. The number of hydrogen-bond donors (Lipinski definition) is 3. The van der Waals surface area contributed by atoms with Crippen molar-refractivity contribution in [2.24, 2.45) is 4.99 Å². The summed E-state index contributed by atoms with van der Waals surface area (Å²) in [5.41, 5.74) is 0.795. The fraction of sp³-hybridized carbons (Fsp3) is 0.650. The lowest BCUT2D eigenvalue weighted by atomic mass is 10.0. The first-order chi connectivity index (χ1) is 12.7. The topological polar surface area (TPSA) is 69.1 Å². The highest BCUT2D eigenvalue weighted by molar-refractivity contribution is 14.0. The Balaban J connectivity index is 0.00000261. The second-order valence-electron chi connectivity index (χ2n) is 7.31. The lowest BCUT2D eigenvalue weighted by Crippen LogP contribution is -2.50. The maximum absolute atomic E-state index is 10.0. The van der Waals surface area contributed by atoms with Crippen LogP contribution in [0.2, 0.25) is 0 Å². The lowest BCUT2D eigenvalue weighted by molar-refractivity contribution is 0.150. The quantitative estimate of drug-likeness (QED) is 0.338. The van der Waals surface area contributed by atoms with Gasteiger partial charge in [0.05, 0.1) is 7.11 Å². The molecule has 1 saturated heterocycles. The van der Waals surface area contributed by atoms with E-state index in [-0.39, 0.29) is 29.7 Å². The number of rotatable bonds is 5. The number of phenols is 1. The van der Waals surface area contributed by atoms with Crippen molar-refractivity contribution in [3.05, 3.63) is 23.8 Å². The van der Waals surface area contributed by atoms with Crippen molar-refractivity contribution in [1.82, 2.24) is 15.5 Å². The summed E-state index contributed by atoms with van der Waals surface area (Å²) in [7, 11) is 3.41. The van der Waals surface area contributed by atoms with Gasteiger partial charge < -0.3 is 25.4 Å². The number of piperidine rings is 1. The summed E-state index contributed by atoms with van der Waals surface area (Å²) in [5, 5.41) is 16.8. The van der Waals surface area contributed by atoms with Crippen LogP contribution in [0, 0.1) is 0 Å². The van der Waals surface area contributed by atoms with Gasteiger partial charge in [-0.15, -0.1) is 24.0 Å². The molecule has 6 nitrogen and oxygen atoms in total. The number of aliphatic imine (C=N–C) groups is 1. The first-order valence-electron chi connectivity index (χ1n) is 9.76. The molecule has 1 aromatic rings. The third-order valence-electron chi connectivity index (χ3n) is 5.67. The molecule has 1 saturated carbocycles. The van der Waals surface area contributed by atoms with Gasteiger partial charge in [0.1, 0.15) is 11.5 Å². The minimum absolute atomic E-state index is 0. The molecule has 3 N–H and O–H groups in total. The Morgan fingerprint density at radius 1 is 1.22 bits per heavy atom. The van der Waals surface area contributed by atoms with Crippen LogP contribution in [0.5, 0.6) is 11.5 Å². The van der Waals surface area contributed by atoms with Crippen LogP contribution in [0.15, 0.2) is 23.2 Å². The van der Waals surface area contributed by atoms with Crippen LogP contribution in [0.3, 0.4) is 0 Å². The van der Waals surface area contributed by atoms with Crippen LogP contribution in [-0.2, 0) is 6.54 Å². The predicted octanol–water partition coefficient (Wildman–Crippen LogP) is 3.09. The Labute approximate surface area is 179 Å². The number of ether oxygens (including phenoxy) is 1. The maximum Gasteiger partial charge on any atom is 0.191 e. The lowest BCUT2D eigenvalue weighted by Gasteiger charge is -2.36. The number of nitrogens with zero attached hydrogens (tertiary/aromatic N) is 2. The third kappa shape index (κ3) is 6.14. The summed E-state index contributed by atoms with van der Waals surface area (Å²) < 4.78 is 5.23. The molecule has 0 aromatic heterocycles. The highest BCUT2D eigenvalue weighted by atomic mass is 127. The molecular weight excluding hydrogens is 455 g/mol. The van der Waals surface area contributed by atoms with Crippen LogP contribution in [0.4, 0.5) is 0 Å². The van der Waals surface area contributed by atoms with Crippen molar-refractivity contribution in [1.29, 1.82) is 0 Å². The molecule has 1 heterocycles. The average molecular weight is 488 g/mol. The molecule has 0 atom stereocenters. The van der Waals surface area contributed by atoms with Crippen molar-refractivity contribution in [3.8, 4) is 11.5 Å². The van der Waals surface area contributed by atoms with Gasteiger partial charge in [-0.1, -0.05) is 12.8 Å². The Bertz CT molecular complexity index is 612. The van der Waals surface area contributed by atoms with E-state index in [0.717, 1.165) is 36.2 Å². The zero-order valence-electron chi connectivity index (χ0n) is 16.4. The van der Waals surface area contributed by atoms with E-state index in [9.17, 15) is 5.11 Å². The summed E-state index contributed by atoms with van der Waals surface area (Å²) in [5.74, 6) is 1.78. The number of hydrogen-bond acceptors (Lipinski definition) is 4. The molecule has 0 bridgehead atoms. The molecule has 152 valence electrons. The minimum Gasteiger partial charge on any atom is -0.508 e. The van der Waals surface area contributed by atoms with Crippen LogP contribution in [0.25, 0.3) is 0 Å². The SMILES string of the molecule is CN=C(NCc1cc(OC)ccc1O)NC1CCN(C2CCCC2)CC1.I.